The summed E-state index contributed by atoms with van der Waals surface area (Å²) in [6.07, 6.45) is -0.449. The van der Waals surface area contributed by atoms with Crippen LogP contribution in [0.1, 0.15) is 23.2 Å². The monoisotopic (exact) mass is 385 g/mol. The number of sulfonamides is 1. The maximum Gasteiger partial charge on any atom is 0.303 e. The third kappa shape index (κ3) is 4.77. The van der Waals surface area contributed by atoms with Gasteiger partial charge in [-0.25, -0.2) is 12.8 Å². The molecule has 0 heterocycles. The fraction of sp³-hybridized carbons (Fsp3) is 0.125. The molecule has 6 nitrogen and oxygen atoms in total. The van der Waals surface area contributed by atoms with Gasteiger partial charge in [0.2, 0.25) is 0 Å². The van der Waals surface area contributed by atoms with Gasteiger partial charge in [0.25, 0.3) is 10.0 Å². The van der Waals surface area contributed by atoms with Crippen molar-refractivity contribution in [2.24, 2.45) is 0 Å². The molecule has 2 aromatic carbocycles. The van der Waals surface area contributed by atoms with E-state index in [0.717, 1.165) is 6.07 Å². The van der Waals surface area contributed by atoms with E-state index in [4.69, 9.17) is 16.7 Å². The van der Waals surface area contributed by atoms with Crippen LogP contribution >= 0.6 is 11.6 Å². The van der Waals surface area contributed by atoms with Crippen molar-refractivity contribution in [2.45, 2.75) is 17.7 Å². The third-order valence-electron chi connectivity index (χ3n) is 3.23. The topological polar surface area (TPSA) is 101 Å². The van der Waals surface area contributed by atoms with E-state index in [1.165, 1.54) is 36.4 Å². The van der Waals surface area contributed by atoms with E-state index in [1.807, 2.05) is 0 Å². The lowest BCUT2D eigenvalue weighted by molar-refractivity contribution is -0.136. The van der Waals surface area contributed by atoms with E-state index in [0.29, 0.717) is 0 Å². The molecule has 2 rings (SSSR count). The number of carbonyl (C=O) groups is 2. The van der Waals surface area contributed by atoms with E-state index in [-0.39, 0.29) is 34.9 Å². The highest BCUT2D eigenvalue weighted by atomic mass is 35.5. The Morgan fingerprint density at radius 3 is 2.32 bits per heavy atom. The Labute approximate surface area is 148 Å². The molecule has 0 saturated heterocycles. The Hall–Kier alpha value is -2.45. The molecule has 2 aromatic rings. The maximum atomic E-state index is 13.9. The fourth-order valence-electron chi connectivity index (χ4n) is 1.99. The lowest BCUT2D eigenvalue weighted by Gasteiger charge is -2.10. The van der Waals surface area contributed by atoms with Crippen LogP contribution in [0.3, 0.4) is 0 Å². The zero-order valence-corrected chi connectivity index (χ0v) is 14.3. The minimum Gasteiger partial charge on any atom is -0.481 e. The van der Waals surface area contributed by atoms with Crippen molar-refractivity contribution in [3.63, 3.8) is 0 Å². The van der Waals surface area contributed by atoms with Crippen molar-refractivity contribution in [1.29, 1.82) is 0 Å². The highest BCUT2D eigenvalue weighted by Crippen LogP contribution is 2.24. The standard InChI is InChI=1S/C16H13ClFNO5S/c17-12-2-1-3-14(16(12)18)25(23,24)19-11-6-4-10(5-7-11)13(20)8-9-15(21)22/h1-7,19H,8-9H2,(H,21,22). The van der Waals surface area contributed by atoms with Crippen LogP contribution in [0.5, 0.6) is 0 Å². The summed E-state index contributed by atoms with van der Waals surface area (Å²) in [7, 11) is -4.19. The SMILES string of the molecule is O=C(O)CCC(=O)c1ccc(NS(=O)(=O)c2cccc(Cl)c2F)cc1. The average molecular weight is 386 g/mol. The number of Topliss-reactive ketones (excluding diaryl/α,β-unsaturated/α-hetero) is 1. The van der Waals surface area contributed by atoms with Crippen molar-refractivity contribution in [3.8, 4) is 0 Å². The molecular weight excluding hydrogens is 373 g/mol. The molecule has 2 N–H and O–H groups in total. The number of benzene rings is 2. The first-order valence-electron chi connectivity index (χ1n) is 7.02. The van der Waals surface area contributed by atoms with Crippen LogP contribution in [0, 0.1) is 5.82 Å². The van der Waals surface area contributed by atoms with E-state index < -0.39 is 26.7 Å². The summed E-state index contributed by atoms with van der Waals surface area (Å²) in [4.78, 5) is 21.7. The largest absolute Gasteiger partial charge is 0.481 e. The molecule has 0 unspecified atom stereocenters. The number of aliphatic carboxylic acids is 1. The minimum absolute atomic E-state index is 0.120. The number of carbonyl (C=O) groups excluding carboxylic acids is 1. The van der Waals surface area contributed by atoms with Gasteiger partial charge >= 0.3 is 5.97 Å². The van der Waals surface area contributed by atoms with Crippen molar-refractivity contribution < 1.29 is 27.5 Å². The van der Waals surface area contributed by atoms with Gasteiger partial charge in [0, 0.05) is 17.7 Å². The molecule has 0 saturated carbocycles. The van der Waals surface area contributed by atoms with Gasteiger partial charge < -0.3 is 5.11 Å². The molecule has 9 heteroatoms. The van der Waals surface area contributed by atoms with E-state index >= 15 is 0 Å². The lowest BCUT2D eigenvalue weighted by Crippen LogP contribution is -2.15. The summed E-state index contributed by atoms with van der Waals surface area (Å²) < 4.78 is 40.5. The highest BCUT2D eigenvalue weighted by Gasteiger charge is 2.21. The van der Waals surface area contributed by atoms with E-state index in [9.17, 15) is 22.4 Å². The molecule has 0 bridgehead atoms. The number of ketones is 1. The summed E-state index contributed by atoms with van der Waals surface area (Å²) in [5, 5.41) is 8.24. The smallest absolute Gasteiger partial charge is 0.303 e. The molecule has 0 aliphatic rings. The number of halogens is 2. The van der Waals surface area contributed by atoms with Gasteiger partial charge in [-0.05, 0) is 36.4 Å². The van der Waals surface area contributed by atoms with Crippen LogP contribution in [-0.4, -0.2) is 25.3 Å². The number of carboxylic acids is 1. The lowest BCUT2D eigenvalue weighted by atomic mass is 10.1. The van der Waals surface area contributed by atoms with Crippen molar-refractivity contribution in [3.05, 3.63) is 58.9 Å². The molecule has 0 spiro atoms. The highest BCUT2D eigenvalue weighted by molar-refractivity contribution is 7.92. The first-order valence-corrected chi connectivity index (χ1v) is 8.89. The number of rotatable bonds is 7. The summed E-state index contributed by atoms with van der Waals surface area (Å²) in [6.45, 7) is 0. The second-order valence-electron chi connectivity index (χ2n) is 5.05. The number of hydrogen-bond acceptors (Lipinski definition) is 4. The fourth-order valence-corrected chi connectivity index (χ4v) is 3.38. The van der Waals surface area contributed by atoms with Crippen LogP contribution in [0.25, 0.3) is 0 Å². The van der Waals surface area contributed by atoms with Gasteiger partial charge in [0.1, 0.15) is 4.90 Å². The number of nitrogens with one attached hydrogen (secondary N) is 1. The van der Waals surface area contributed by atoms with Crippen LogP contribution in [0.4, 0.5) is 10.1 Å². The van der Waals surface area contributed by atoms with Gasteiger partial charge in [-0.2, -0.15) is 0 Å². The molecule has 0 fully saturated rings. The zero-order chi connectivity index (χ0) is 18.6. The second kappa shape index (κ2) is 7.62. The average Bonchev–Trinajstić information content (AvgIpc) is 2.55. The van der Waals surface area contributed by atoms with E-state index in [1.54, 1.807) is 0 Å². The normalized spacial score (nSPS) is 11.1. The van der Waals surface area contributed by atoms with E-state index in [2.05, 4.69) is 4.72 Å². The summed E-state index contributed by atoms with van der Waals surface area (Å²) >= 11 is 5.58. The molecular formula is C16H13ClFNO5S. The third-order valence-corrected chi connectivity index (χ3v) is 4.92. The van der Waals surface area contributed by atoms with Crippen LogP contribution < -0.4 is 4.72 Å². The Bertz CT molecular complexity index is 913. The van der Waals surface area contributed by atoms with Crippen molar-refractivity contribution >= 4 is 39.1 Å². The van der Waals surface area contributed by atoms with Crippen molar-refractivity contribution in [2.75, 3.05) is 4.72 Å². The first-order chi connectivity index (χ1) is 11.7. The minimum atomic E-state index is -4.19. The van der Waals surface area contributed by atoms with Gasteiger partial charge in [0.05, 0.1) is 11.4 Å². The first kappa shape index (κ1) is 18.9. The molecule has 0 aliphatic heterocycles. The molecule has 0 aliphatic carbocycles. The Balaban J connectivity index is 2.16. The van der Waals surface area contributed by atoms with Gasteiger partial charge in [-0.1, -0.05) is 17.7 Å². The van der Waals surface area contributed by atoms with Crippen LogP contribution in [0.2, 0.25) is 5.02 Å². The molecule has 0 radical (unpaired) electrons. The zero-order valence-electron chi connectivity index (χ0n) is 12.7. The Morgan fingerprint density at radius 1 is 1.08 bits per heavy atom. The Morgan fingerprint density at radius 2 is 1.72 bits per heavy atom. The van der Waals surface area contributed by atoms with Gasteiger partial charge in [-0.3, -0.25) is 14.3 Å². The summed E-state index contributed by atoms with van der Waals surface area (Å²) in [5.74, 6) is -2.52. The molecule has 0 atom stereocenters. The molecule has 132 valence electrons. The van der Waals surface area contributed by atoms with Crippen molar-refractivity contribution in [1.82, 2.24) is 0 Å². The van der Waals surface area contributed by atoms with Gasteiger partial charge in [-0.15, -0.1) is 0 Å². The number of hydrogen-bond donors (Lipinski definition) is 2. The number of carboxylic acid groups (broad SMARTS) is 1. The maximum absolute atomic E-state index is 13.9. The Kier molecular flexibility index (Phi) is 5.76. The molecule has 25 heavy (non-hydrogen) atoms. The summed E-state index contributed by atoms with van der Waals surface area (Å²) in [5.41, 5.74) is 0.368. The predicted octanol–water partition coefficient (Wildman–Crippen LogP) is 3.33. The number of anilines is 1. The molecule has 0 aromatic heterocycles. The predicted molar refractivity (Wildman–Crippen MR) is 89.9 cm³/mol. The quantitative estimate of drug-likeness (QED) is 0.712. The van der Waals surface area contributed by atoms with Gasteiger partial charge in [0.15, 0.2) is 11.6 Å². The summed E-state index contributed by atoms with van der Waals surface area (Å²) in [6, 6.07) is 8.99. The second-order valence-corrected chi connectivity index (χ2v) is 7.11. The van der Waals surface area contributed by atoms with Crippen LogP contribution in [0.15, 0.2) is 47.4 Å². The van der Waals surface area contributed by atoms with Crippen LogP contribution in [-0.2, 0) is 14.8 Å². The molecule has 0 amide bonds.